The number of hydrogen-bond donors (Lipinski definition) is 0. The van der Waals surface area contributed by atoms with Crippen molar-refractivity contribution in [3.05, 3.63) is 40.4 Å². The molecule has 1 rings (SSSR count). The molecule has 0 saturated carbocycles. The number of carbonyl (C=O) groups excluding carboxylic acids is 4. The minimum Gasteiger partial charge on any atom is -0.466 e. The molecule has 0 unspecified atom stereocenters. The third-order valence-corrected chi connectivity index (χ3v) is 2.94. The lowest BCUT2D eigenvalue weighted by atomic mass is 10.2. The van der Waals surface area contributed by atoms with Crippen LogP contribution in [0.3, 0.4) is 0 Å². The molecule has 0 heterocycles. The molecule has 8 heteroatoms. The van der Waals surface area contributed by atoms with E-state index in [0.29, 0.717) is 16.3 Å². The van der Waals surface area contributed by atoms with Crippen molar-refractivity contribution in [1.29, 1.82) is 0 Å². The van der Waals surface area contributed by atoms with Gasteiger partial charge in [-0.15, -0.1) is 0 Å². The van der Waals surface area contributed by atoms with Crippen molar-refractivity contribution >= 4 is 40.1 Å². The highest BCUT2D eigenvalue weighted by atomic mass is 79.9. The predicted octanol–water partition coefficient (Wildman–Crippen LogP) is 1.44. The highest BCUT2D eigenvalue weighted by Crippen LogP contribution is 2.21. The quantitative estimate of drug-likeness (QED) is 0.323. The fraction of sp³-hybridized carbons (Fsp3) is 0.143. The van der Waals surface area contributed by atoms with Gasteiger partial charge >= 0.3 is 17.9 Å². The van der Waals surface area contributed by atoms with E-state index in [4.69, 9.17) is 4.74 Å². The first-order valence-electron chi connectivity index (χ1n) is 5.84. The van der Waals surface area contributed by atoms with E-state index < -0.39 is 24.5 Å². The van der Waals surface area contributed by atoms with Gasteiger partial charge in [0, 0.05) is 22.2 Å². The highest BCUT2D eigenvalue weighted by Gasteiger charge is 2.10. The fourth-order valence-electron chi connectivity index (χ4n) is 1.22. The van der Waals surface area contributed by atoms with E-state index >= 15 is 0 Å². The van der Waals surface area contributed by atoms with Crippen molar-refractivity contribution in [1.82, 2.24) is 0 Å². The lowest BCUT2D eigenvalue weighted by molar-refractivity contribution is -0.150. The van der Waals surface area contributed by atoms with Gasteiger partial charge in [0.1, 0.15) is 5.75 Å². The summed E-state index contributed by atoms with van der Waals surface area (Å²) in [5.41, 5.74) is 0.309. The Balaban J connectivity index is 2.50. The second-order valence-electron chi connectivity index (χ2n) is 3.74. The lowest BCUT2D eigenvalue weighted by Crippen LogP contribution is -2.18. The Labute approximate surface area is 134 Å². The van der Waals surface area contributed by atoms with Crippen LogP contribution in [-0.2, 0) is 23.9 Å². The summed E-state index contributed by atoms with van der Waals surface area (Å²) in [7, 11) is 1.15. The molecule has 22 heavy (non-hydrogen) atoms. The van der Waals surface area contributed by atoms with E-state index in [1.807, 2.05) is 0 Å². The van der Waals surface area contributed by atoms with Gasteiger partial charge < -0.3 is 14.2 Å². The second-order valence-corrected chi connectivity index (χ2v) is 4.59. The molecule has 0 amide bonds. The molecule has 0 atom stereocenters. The second kappa shape index (κ2) is 8.73. The van der Waals surface area contributed by atoms with Crippen molar-refractivity contribution in [3.63, 3.8) is 0 Å². The summed E-state index contributed by atoms with van der Waals surface area (Å²) in [6.07, 6.45) is 2.28. The molecule has 116 valence electrons. The number of esters is 3. The minimum atomic E-state index is -0.897. The number of aldehydes is 1. The summed E-state index contributed by atoms with van der Waals surface area (Å²) in [4.78, 5) is 44.2. The molecular weight excluding hydrogens is 360 g/mol. The number of carbonyl (C=O) groups is 4. The molecule has 0 aromatic heterocycles. The van der Waals surface area contributed by atoms with Crippen molar-refractivity contribution in [2.75, 3.05) is 13.7 Å². The van der Waals surface area contributed by atoms with Gasteiger partial charge in [-0.3, -0.25) is 4.79 Å². The molecule has 0 radical (unpaired) electrons. The minimum absolute atomic E-state index is 0.136. The topological polar surface area (TPSA) is 96.0 Å². The molecule has 0 saturated heterocycles. The molecule has 0 N–H and O–H groups in total. The SMILES string of the molecule is COC(=O)C=CC(=O)OCC(=O)Oc1ccc(Br)c(C=O)c1. The van der Waals surface area contributed by atoms with Crippen molar-refractivity contribution in [2.24, 2.45) is 0 Å². The van der Waals surface area contributed by atoms with Crippen LogP contribution < -0.4 is 4.74 Å². The molecule has 0 aliphatic carbocycles. The van der Waals surface area contributed by atoms with Gasteiger partial charge in [-0.2, -0.15) is 0 Å². The number of methoxy groups -OCH3 is 1. The Hall–Kier alpha value is -2.48. The van der Waals surface area contributed by atoms with Gasteiger partial charge in [-0.25, -0.2) is 14.4 Å². The van der Waals surface area contributed by atoms with Crippen LogP contribution in [0.25, 0.3) is 0 Å². The Kier molecular flexibility index (Phi) is 6.97. The van der Waals surface area contributed by atoms with Gasteiger partial charge in [0.05, 0.1) is 7.11 Å². The van der Waals surface area contributed by atoms with Crippen LogP contribution in [0.5, 0.6) is 5.75 Å². The summed E-state index contributed by atoms with van der Waals surface area (Å²) in [6.45, 7) is -0.642. The number of rotatable bonds is 6. The van der Waals surface area contributed by atoms with Crippen LogP contribution in [0.15, 0.2) is 34.8 Å². The third-order valence-electron chi connectivity index (χ3n) is 2.22. The van der Waals surface area contributed by atoms with Crippen molar-refractivity contribution in [3.8, 4) is 5.75 Å². The monoisotopic (exact) mass is 370 g/mol. The van der Waals surface area contributed by atoms with E-state index in [-0.39, 0.29) is 5.75 Å². The Morgan fingerprint density at radius 2 is 1.86 bits per heavy atom. The summed E-state index contributed by atoms with van der Waals surface area (Å²) in [6, 6.07) is 4.36. The Bertz CT molecular complexity index is 622. The van der Waals surface area contributed by atoms with Crippen molar-refractivity contribution < 1.29 is 33.4 Å². The molecule has 0 fully saturated rings. The van der Waals surface area contributed by atoms with E-state index in [1.165, 1.54) is 18.2 Å². The summed E-state index contributed by atoms with van der Waals surface area (Å²) in [5.74, 6) is -2.32. The van der Waals surface area contributed by atoms with Gasteiger partial charge in [0.25, 0.3) is 0 Å². The average molecular weight is 371 g/mol. The zero-order chi connectivity index (χ0) is 16.5. The van der Waals surface area contributed by atoms with E-state index in [0.717, 1.165) is 19.3 Å². The normalized spacial score (nSPS) is 10.1. The molecule has 1 aromatic carbocycles. The van der Waals surface area contributed by atoms with Crippen LogP contribution >= 0.6 is 15.9 Å². The third kappa shape index (κ3) is 5.88. The molecule has 1 aromatic rings. The van der Waals surface area contributed by atoms with Crippen LogP contribution in [0.2, 0.25) is 0 Å². The molecular formula is C14H11BrO7. The zero-order valence-corrected chi connectivity index (χ0v) is 13.0. The van der Waals surface area contributed by atoms with Gasteiger partial charge in [0.15, 0.2) is 12.9 Å². The first-order chi connectivity index (χ1) is 10.5. The van der Waals surface area contributed by atoms with Crippen LogP contribution in [0.4, 0.5) is 0 Å². The van der Waals surface area contributed by atoms with Gasteiger partial charge in [-0.05, 0) is 18.2 Å². The molecule has 0 aliphatic rings. The van der Waals surface area contributed by atoms with Gasteiger partial charge in [0.2, 0.25) is 0 Å². The number of halogens is 1. The van der Waals surface area contributed by atoms with Crippen LogP contribution in [0.1, 0.15) is 10.4 Å². The average Bonchev–Trinajstić information content (AvgIpc) is 2.52. The maximum Gasteiger partial charge on any atom is 0.349 e. The van der Waals surface area contributed by atoms with E-state index in [2.05, 4.69) is 25.4 Å². The fourth-order valence-corrected chi connectivity index (χ4v) is 1.56. The van der Waals surface area contributed by atoms with E-state index in [9.17, 15) is 19.2 Å². The molecule has 7 nitrogen and oxygen atoms in total. The maximum atomic E-state index is 11.5. The summed E-state index contributed by atoms with van der Waals surface area (Å²) >= 11 is 3.15. The predicted molar refractivity (Wildman–Crippen MR) is 77.3 cm³/mol. The van der Waals surface area contributed by atoms with E-state index in [1.54, 1.807) is 0 Å². The molecule has 0 bridgehead atoms. The Morgan fingerprint density at radius 3 is 2.50 bits per heavy atom. The van der Waals surface area contributed by atoms with Gasteiger partial charge in [-0.1, -0.05) is 15.9 Å². The largest absolute Gasteiger partial charge is 0.466 e. The smallest absolute Gasteiger partial charge is 0.349 e. The lowest BCUT2D eigenvalue weighted by Gasteiger charge is -2.05. The number of benzene rings is 1. The molecule has 0 spiro atoms. The highest BCUT2D eigenvalue weighted by molar-refractivity contribution is 9.10. The Morgan fingerprint density at radius 1 is 1.18 bits per heavy atom. The maximum absolute atomic E-state index is 11.5. The first-order valence-corrected chi connectivity index (χ1v) is 6.63. The van der Waals surface area contributed by atoms with Crippen LogP contribution in [0, 0.1) is 0 Å². The van der Waals surface area contributed by atoms with Crippen molar-refractivity contribution in [2.45, 2.75) is 0 Å². The molecule has 0 aliphatic heterocycles. The summed E-state index contributed by atoms with van der Waals surface area (Å²) in [5, 5.41) is 0. The summed E-state index contributed by atoms with van der Waals surface area (Å²) < 4.78 is 14.3. The zero-order valence-electron chi connectivity index (χ0n) is 11.4. The van der Waals surface area contributed by atoms with Crippen LogP contribution in [-0.4, -0.2) is 37.9 Å². The first kappa shape index (κ1) is 17.6. The standard InChI is InChI=1S/C14H11BrO7/c1-20-12(17)4-5-13(18)21-8-14(19)22-10-2-3-11(15)9(6-10)7-16/h2-7H,8H2,1H3. The number of hydrogen-bond acceptors (Lipinski definition) is 7. The number of ether oxygens (including phenoxy) is 3.